The van der Waals surface area contributed by atoms with Crippen molar-refractivity contribution >= 4 is 5.91 Å². The maximum Gasteiger partial charge on any atom is 0.241 e. The van der Waals surface area contributed by atoms with Gasteiger partial charge in [-0.25, -0.2) is 0 Å². The van der Waals surface area contributed by atoms with Gasteiger partial charge in [0.15, 0.2) is 0 Å². The molecule has 0 saturated carbocycles. The van der Waals surface area contributed by atoms with E-state index in [2.05, 4.69) is 31.0 Å². The highest BCUT2D eigenvalue weighted by Gasteiger charge is 2.36. The molecule has 1 saturated heterocycles. The molecule has 1 rings (SSSR count). The summed E-state index contributed by atoms with van der Waals surface area (Å²) in [4.78, 5) is 16.2. The molecule has 1 fully saturated rings. The van der Waals surface area contributed by atoms with Gasteiger partial charge in [0.25, 0.3) is 0 Å². The average molecular weight is 227 g/mol. The fraction of sp³-hybridized carbons (Fsp3) is 0.917. The van der Waals surface area contributed by atoms with Crippen molar-refractivity contribution in [3.05, 3.63) is 0 Å². The van der Waals surface area contributed by atoms with Crippen LogP contribution in [0.1, 0.15) is 33.6 Å². The monoisotopic (exact) mass is 227 g/mol. The van der Waals surface area contributed by atoms with Crippen LogP contribution in [0.3, 0.4) is 0 Å². The normalized spacial score (nSPS) is 27.9. The van der Waals surface area contributed by atoms with E-state index in [1.54, 1.807) is 0 Å². The van der Waals surface area contributed by atoms with Gasteiger partial charge in [-0.2, -0.15) is 0 Å². The average Bonchev–Trinajstić information content (AvgIpc) is 2.46. The molecule has 0 aromatic heterocycles. The molecule has 1 aliphatic heterocycles. The van der Waals surface area contributed by atoms with E-state index in [0.29, 0.717) is 6.04 Å². The predicted octanol–water partition coefficient (Wildman–Crippen LogP) is 0.883. The van der Waals surface area contributed by atoms with Crippen molar-refractivity contribution in [3.8, 4) is 0 Å². The third-order valence-corrected chi connectivity index (χ3v) is 3.41. The SMILES string of the molecule is CCCC1NC(C)N(CC(C)N(C)C)C1=O. The molecular weight excluding hydrogens is 202 g/mol. The molecule has 3 unspecified atom stereocenters. The molecule has 1 heterocycles. The van der Waals surface area contributed by atoms with Crippen LogP contribution in [0, 0.1) is 0 Å². The Kier molecular flexibility index (Phi) is 4.74. The zero-order valence-electron chi connectivity index (χ0n) is 11.2. The second kappa shape index (κ2) is 5.64. The number of rotatable bonds is 5. The van der Waals surface area contributed by atoms with Crippen molar-refractivity contribution in [2.45, 2.75) is 51.9 Å². The minimum absolute atomic E-state index is 0.0364. The molecule has 4 nitrogen and oxygen atoms in total. The summed E-state index contributed by atoms with van der Waals surface area (Å²) in [5, 5.41) is 3.36. The molecule has 4 heteroatoms. The molecule has 0 bridgehead atoms. The number of carbonyl (C=O) groups is 1. The van der Waals surface area contributed by atoms with Crippen LogP contribution >= 0.6 is 0 Å². The van der Waals surface area contributed by atoms with Gasteiger partial charge in [-0.05, 0) is 34.4 Å². The van der Waals surface area contributed by atoms with E-state index in [-0.39, 0.29) is 18.1 Å². The van der Waals surface area contributed by atoms with E-state index in [1.807, 2.05) is 19.0 Å². The number of hydrogen-bond acceptors (Lipinski definition) is 3. The maximum absolute atomic E-state index is 12.1. The fourth-order valence-electron chi connectivity index (χ4n) is 2.03. The van der Waals surface area contributed by atoms with Gasteiger partial charge in [-0.15, -0.1) is 0 Å². The van der Waals surface area contributed by atoms with Gasteiger partial charge in [-0.1, -0.05) is 13.3 Å². The molecule has 0 aliphatic carbocycles. The highest BCUT2D eigenvalue weighted by molar-refractivity contribution is 5.84. The first kappa shape index (κ1) is 13.5. The lowest BCUT2D eigenvalue weighted by molar-refractivity contribution is -0.130. The van der Waals surface area contributed by atoms with Gasteiger partial charge < -0.3 is 9.80 Å². The van der Waals surface area contributed by atoms with Gasteiger partial charge in [0, 0.05) is 12.6 Å². The molecule has 0 radical (unpaired) electrons. The number of nitrogens with one attached hydrogen (secondary N) is 1. The summed E-state index contributed by atoms with van der Waals surface area (Å²) >= 11 is 0. The molecule has 3 atom stereocenters. The van der Waals surface area contributed by atoms with Crippen LogP contribution in [0.25, 0.3) is 0 Å². The van der Waals surface area contributed by atoms with Crippen LogP contribution in [0.4, 0.5) is 0 Å². The van der Waals surface area contributed by atoms with Crippen molar-refractivity contribution in [3.63, 3.8) is 0 Å². The summed E-state index contributed by atoms with van der Waals surface area (Å²) in [6.07, 6.45) is 2.16. The summed E-state index contributed by atoms with van der Waals surface area (Å²) in [6, 6.07) is 0.433. The largest absolute Gasteiger partial charge is 0.325 e. The van der Waals surface area contributed by atoms with E-state index in [0.717, 1.165) is 19.4 Å². The Morgan fingerprint density at radius 3 is 2.62 bits per heavy atom. The Labute approximate surface area is 99.0 Å². The highest BCUT2D eigenvalue weighted by atomic mass is 16.2. The van der Waals surface area contributed by atoms with Crippen molar-refractivity contribution in [1.29, 1.82) is 0 Å². The Morgan fingerprint density at radius 1 is 1.50 bits per heavy atom. The molecule has 1 aliphatic rings. The molecule has 1 N–H and O–H groups in total. The van der Waals surface area contributed by atoms with Gasteiger partial charge in [-0.3, -0.25) is 10.1 Å². The first-order valence-electron chi connectivity index (χ1n) is 6.20. The van der Waals surface area contributed by atoms with Crippen molar-refractivity contribution < 1.29 is 4.79 Å². The number of likely N-dealkylation sites (N-methyl/N-ethyl adjacent to an activating group) is 1. The second-order valence-corrected chi connectivity index (χ2v) is 4.99. The zero-order valence-corrected chi connectivity index (χ0v) is 11.2. The number of hydrogen-bond donors (Lipinski definition) is 1. The summed E-state index contributed by atoms with van der Waals surface area (Å²) in [7, 11) is 4.10. The van der Waals surface area contributed by atoms with E-state index >= 15 is 0 Å². The molecule has 1 amide bonds. The van der Waals surface area contributed by atoms with Crippen molar-refractivity contribution in [1.82, 2.24) is 15.1 Å². The quantitative estimate of drug-likeness (QED) is 0.757. The van der Waals surface area contributed by atoms with Crippen LogP contribution in [-0.2, 0) is 4.79 Å². The minimum Gasteiger partial charge on any atom is -0.325 e. The van der Waals surface area contributed by atoms with Crippen LogP contribution < -0.4 is 5.32 Å². The molecule has 0 aromatic carbocycles. The smallest absolute Gasteiger partial charge is 0.241 e. The maximum atomic E-state index is 12.1. The molecular formula is C12H25N3O. The lowest BCUT2D eigenvalue weighted by Gasteiger charge is -2.28. The third-order valence-electron chi connectivity index (χ3n) is 3.41. The standard InChI is InChI=1S/C12H25N3O/c1-6-7-11-12(16)15(10(3)13-11)8-9(2)14(4)5/h9-11,13H,6-8H2,1-5H3. The Hall–Kier alpha value is -0.610. The molecule has 0 spiro atoms. The Bertz CT molecular complexity index is 242. The summed E-state index contributed by atoms with van der Waals surface area (Å²) < 4.78 is 0. The van der Waals surface area contributed by atoms with E-state index in [9.17, 15) is 4.79 Å². The highest BCUT2D eigenvalue weighted by Crippen LogP contribution is 2.15. The molecule has 94 valence electrons. The fourth-order valence-corrected chi connectivity index (χ4v) is 2.03. The van der Waals surface area contributed by atoms with E-state index in [4.69, 9.17) is 0 Å². The third kappa shape index (κ3) is 2.95. The summed E-state index contributed by atoms with van der Waals surface area (Å²) in [5.74, 6) is 0.267. The second-order valence-electron chi connectivity index (χ2n) is 4.99. The van der Waals surface area contributed by atoms with Crippen molar-refractivity contribution in [2.24, 2.45) is 0 Å². The number of nitrogens with zero attached hydrogens (tertiary/aromatic N) is 2. The summed E-state index contributed by atoms with van der Waals surface area (Å²) in [5.41, 5.74) is 0. The van der Waals surface area contributed by atoms with Crippen LogP contribution in [-0.4, -0.2) is 54.6 Å². The van der Waals surface area contributed by atoms with Crippen LogP contribution in [0.5, 0.6) is 0 Å². The zero-order chi connectivity index (χ0) is 12.3. The summed E-state index contributed by atoms with van der Waals surface area (Å²) in [6.45, 7) is 7.13. The lowest BCUT2D eigenvalue weighted by Crippen LogP contribution is -2.43. The minimum atomic E-state index is 0.0364. The Morgan fingerprint density at radius 2 is 2.12 bits per heavy atom. The van der Waals surface area contributed by atoms with Crippen molar-refractivity contribution in [2.75, 3.05) is 20.6 Å². The molecule has 0 aromatic rings. The van der Waals surface area contributed by atoms with Gasteiger partial charge >= 0.3 is 0 Å². The molecule has 16 heavy (non-hydrogen) atoms. The number of carbonyl (C=O) groups excluding carboxylic acids is 1. The van der Waals surface area contributed by atoms with Crippen LogP contribution in [0.15, 0.2) is 0 Å². The number of amides is 1. The predicted molar refractivity (Wildman–Crippen MR) is 66.2 cm³/mol. The first-order chi connectivity index (χ1) is 7.47. The Balaban J connectivity index is 2.57. The lowest BCUT2D eigenvalue weighted by atomic mass is 10.1. The van der Waals surface area contributed by atoms with Gasteiger partial charge in [0.1, 0.15) is 0 Å². The van der Waals surface area contributed by atoms with Gasteiger partial charge in [0.2, 0.25) is 5.91 Å². The van der Waals surface area contributed by atoms with Gasteiger partial charge in [0.05, 0.1) is 12.2 Å². The van der Waals surface area contributed by atoms with E-state index in [1.165, 1.54) is 0 Å². The topological polar surface area (TPSA) is 35.6 Å². The van der Waals surface area contributed by atoms with Crippen LogP contribution in [0.2, 0.25) is 0 Å². The van der Waals surface area contributed by atoms with E-state index < -0.39 is 0 Å². The first-order valence-corrected chi connectivity index (χ1v) is 6.20.